The number of carboxylic acids is 1. The topological polar surface area (TPSA) is 110 Å². The van der Waals surface area contributed by atoms with E-state index in [9.17, 15) is 25.1 Å². The molecule has 1 aliphatic carbocycles. The number of amides is 1. The number of alkyl halides is 1. The first-order valence-electron chi connectivity index (χ1n) is 9.44. The molecule has 0 spiro atoms. The molecule has 0 heterocycles. The Morgan fingerprint density at radius 1 is 1.24 bits per heavy atom. The number of nitriles is 1. The van der Waals surface area contributed by atoms with Crippen molar-refractivity contribution in [2.45, 2.75) is 22.4 Å². The number of aryl methyl sites for hydroxylation is 1. The molecule has 0 bridgehead atoms. The van der Waals surface area contributed by atoms with Crippen molar-refractivity contribution in [3.8, 4) is 6.07 Å². The first-order valence-corrected chi connectivity index (χ1v) is 12.5. The van der Waals surface area contributed by atoms with Gasteiger partial charge in [-0.25, -0.2) is 4.79 Å². The lowest BCUT2D eigenvalue weighted by atomic mass is 9.85. The van der Waals surface area contributed by atoms with Gasteiger partial charge >= 0.3 is 5.97 Å². The highest BCUT2D eigenvalue weighted by Gasteiger charge is 2.50. The van der Waals surface area contributed by atoms with Crippen LogP contribution in [0.1, 0.15) is 22.6 Å². The summed E-state index contributed by atoms with van der Waals surface area (Å²) in [4.78, 5) is 24.8. The molecule has 6 nitrogen and oxygen atoms in total. The molecule has 0 saturated carbocycles. The van der Waals surface area contributed by atoms with Crippen LogP contribution in [0.2, 0.25) is 10.0 Å². The van der Waals surface area contributed by atoms with E-state index in [1.807, 2.05) is 22.6 Å². The van der Waals surface area contributed by atoms with Crippen LogP contribution >= 0.6 is 68.4 Å². The predicted octanol–water partition coefficient (Wildman–Crippen LogP) is 5.77. The van der Waals surface area contributed by atoms with E-state index in [0.717, 1.165) is 0 Å². The summed E-state index contributed by atoms with van der Waals surface area (Å²) in [6.07, 6.45) is 2.92. The van der Waals surface area contributed by atoms with Crippen molar-refractivity contribution in [1.29, 1.82) is 5.26 Å². The van der Waals surface area contributed by atoms with E-state index in [-0.39, 0.29) is 10.6 Å². The molecule has 3 unspecified atom stereocenters. The van der Waals surface area contributed by atoms with E-state index in [1.54, 1.807) is 65.9 Å². The van der Waals surface area contributed by atoms with Gasteiger partial charge < -0.3 is 15.5 Å². The van der Waals surface area contributed by atoms with Gasteiger partial charge in [-0.05, 0) is 70.5 Å². The van der Waals surface area contributed by atoms with Crippen LogP contribution in [-0.4, -0.2) is 31.6 Å². The molecular weight excluding hydrogens is 693 g/mol. The number of aliphatic carboxylic acids is 1. The summed E-state index contributed by atoms with van der Waals surface area (Å²) in [6.45, 7) is 1.73. The molecule has 3 rings (SSSR count). The van der Waals surface area contributed by atoms with Crippen molar-refractivity contribution in [3.63, 3.8) is 0 Å². The van der Waals surface area contributed by atoms with Gasteiger partial charge in [-0.3, -0.25) is 4.79 Å². The smallest absolute Gasteiger partial charge is 0.342 e. The summed E-state index contributed by atoms with van der Waals surface area (Å²) in [7, 11) is 0. The Balaban J connectivity index is 1.95. The number of rotatable bonds is 5. The van der Waals surface area contributed by atoms with E-state index in [0.29, 0.717) is 31.0 Å². The molecule has 2 aromatic rings. The quantitative estimate of drug-likeness (QED) is 0.270. The molecule has 10 heteroatoms. The Kier molecular flexibility index (Phi) is 8.11. The van der Waals surface area contributed by atoms with E-state index in [4.69, 9.17) is 23.2 Å². The number of benzene rings is 2. The standard InChI is InChI=1S/C23H16Cl2I2N2O4/c1-11-6-15(16(10-28)12-2-4-13(24)5-3-12)18(25)9-19(11)29-21(30)17-7-14(26)8-20(27)23(17,33)22(31)32/h2-9,16,20,33H,1H3,(H,29,30)(H,31,32). The molecule has 3 N–H and O–H groups in total. The predicted molar refractivity (Wildman–Crippen MR) is 144 cm³/mol. The van der Waals surface area contributed by atoms with Crippen LogP contribution in [0, 0.1) is 18.3 Å². The molecule has 0 aromatic heterocycles. The van der Waals surface area contributed by atoms with Crippen LogP contribution in [0.3, 0.4) is 0 Å². The summed E-state index contributed by atoms with van der Waals surface area (Å²) in [5.41, 5.74) is -0.434. The molecule has 2 aromatic carbocycles. The largest absolute Gasteiger partial charge is 0.479 e. The van der Waals surface area contributed by atoms with E-state index in [1.165, 1.54) is 12.1 Å². The van der Waals surface area contributed by atoms with Gasteiger partial charge in [0.25, 0.3) is 5.91 Å². The van der Waals surface area contributed by atoms with Crippen LogP contribution < -0.4 is 5.32 Å². The van der Waals surface area contributed by atoms with Crippen molar-refractivity contribution in [2.75, 3.05) is 5.32 Å². The molecule has 0 fully saturated rings. The highest BCUT2D eigenvalue weighted by Crippen LogP contribution is 2.38. The number of anilines is 1. The zero-order valence-corrected chi connectivity index (χ0v) is 22.8. The van der Waals surface area contributed by atoms with Crippen molar-refractivity contribution in [2.24, 2.45) is 0 Å². The second-order valence-corrected chi connectivity index (χ2v) is 10.8. The SMILES string of the molecule is Cc1cc(C(C#N)c2ccc(Cl)cc2)c(Cl)cc1NC(=O)C1=CC(I)=CC(I)C1(O)C(=O)O. The molecule has 33 heavy (non-hydrogen) atoms. The lowest BCUT2D eigenvalue weighted by Crippen LogP contribution is -2.52. The number of allylic oxidation sites excluding steroid dienone is 2. The van der Waals surface area contributed by atoms with E-state index in [2.05, 4.69) is 11.4 Å². The van der Waals surface area contributed by atoms with Crippen molar-refractivity contribution in [1.82, 2.24) is 0 Å². The lowest BCUT2D eigenvalue weighted by Gasteiger charge is -2.32. The number of carboxylic acid groups (broad SMARTS) is 1. The van der Waals surface area contributed by atoms with Crippen LogP contribution in [-0.2, 0) is 9.59 Å². The maximum Gasteiger partial charge on any atom is 0.342 e. The van der Waals surface area contributed by atoms with Gasteiger partial charge in [0.15, 0.2) is 0 Å². The molecule has 170 valence electrons. The second kappa shape index (κ2) is 10.3. The number of carbonyl (C=O) groups excluding carboxylic acids is 1. The van der Waals surface area contributed by atoms with Gasteiger partial charge in [-0.15, -0.1) is 0 Å². The minimum absolute atomic E-state index is 0.254. The third kappa shape index (κ3) is 5.22. The van der Waals surface area contributed by atoms with E-state index >= 15 is 0 Å². The Hall–Kier alpha value is -1.65. The summed E-state index contributed by atoms with van der Waals surface area (Å²) < 4.78 is -0.207. The number of halogens is 4. The fraction of sp³-hybridized carbons (Fsp3) is 0.174. The van der Waals surface area contributed by atoms with Gasteiger partial charge in [-0.1, -0.05) is 70.1 Å². The van der Waals surface area contributed by atoms with Crippen LogP contribution in [0.5, 0.6) is 0 Å². The second-order valence-electron chi connectivity index (χ2n) is 7.34. The van der Waals surface area contributed by atoms with E-state index < -0.39 is 27.3 Å². The first-order chi connectivity index (χ1) is 15.5. The highest BCUT2D eigenvalue weighted by atomic mass is 127. The van der Waals surface area contributed by atoms with Crippen LogP contribution in [0.4, 0.5) is 5.69 Å². The third-order valence-electron chi connectivity index (χ3n) is 5.20. The summed E-state index contributed by atoms with van der Waals surface area (Å²) >= 11 is 16.2. The van der Waals surface area contributed by atoms with Gasteiger partial charge in [0, 0.05) is 19.3 Å². The Bertz CT molecular complexity index is 1240. The lowest BCUT2D eigenvalue weighted by molar-refractivity contribution is -0.154. The van der Waals surface area contributed by atoms with Gasteiger partial charge in [-0.2, -0.15) is 5.26 Å². The number of aliphatic hydroxyl groups is 1. The van der Waals surface area contributed by atoms with Crippen LogP contribution in [0.15, 0.2) is 57.7 Å². The first kappa shape index (κ1) is 26.0. The maximum absolute atomic E-state index is 13.0. The maximum atomic E-state index is 13.0. The van der Waals surface area contributed by atoms with Crippen molar-refractivity contribution >= 4 is 85.9 Å². The molecule has 3 atom stereocenters. The average Bonchev–Trinajstić information content (AvgIpc) is 2.75. The number of nitrogens with zero attached hydrogens (tertiary/aromatic N) is 1. The number of hydrogen-bond acceptors (Lipinski definition) is 4. The summed E-state index contributed by atoms with van der Waals surface area (Å²) in [5, 5.41) is 33.6. The van der Waals surface area contributed by atoms with Gasteiger partial charge in [0.2, 0.25) is 5.60 Å². The molecule has 1 amide bonds. The zero-order valence-electron chi connectivity index (χ0n) is 16.9. The number of hydrogen-bond donors (Lipinski definition) is 3. The third-order valence-corrected chi connectivity index (χ3v) is 7.71. The summed E-state index contributed by atoms with van der Waals surface area (Å²) in [6, 6.07) is 12.3. The monoisotopic (exact) mass is 708 g/mol. The molecule has 0 saturated heterocycles. The minimum Gasteiger partial charge on any atom is -0.479 e. The fourth-order valence-corrected chi connectivity index (χ4v) is 6.15. The molecule has 0 radical (unpaired) electrons. The van der Waals surface area contributed by atoms with Gasteiger partial charge in [0.05, 0.1) is 21.5 Å². The molecular formula is C23H16Cl2I2N2O4. The number of nitrogens with one attached hydrogen (secondary N) is 1. The Morgan fingerprint density at radius 2 is 1.88 bits per heavy atom. The Labute approximate surface area is 227 Å². The molecule has 1 aliphatic rings. The highest BCUT2D eigenvalue weighted by molar-refractivity contribution is 14.1. The van der Waals surface area contributed by atoms with Crippen LogP contribution in [0.25, 0.3) is 0 Å². The van der Waals surface area contributed by atoms with Crippen molar-refractivity contribution < 1.29 is 19.8 Å². The number of carbonyl (C=O) groups is 2. The fourth-order valence-electron chi connectivity index (χ4n) is 3.41. The van der Waals surface area contributed by atoms with Crippen molar-refractivity contribution in [3.05, 3.63) is 84.4 Å². The average molecular weight is 709 g/mol. The minimum atomic E-state index is -2.38. The molecule has 0 aliphatic heterocycles. The Morgan fingerprint density at radius 3 is 2.45 bits per heavy atom. The summed E-state index contributed by atoms with van der Waals surface area (Å²) in [5.74, 6) is -2.93. The normalized spacial score (nSPS) is 20.8. The zero-order chi connectivity index (χ0) is 24.5. The van der Waals surface area contributed by atoms with Gasteiger partial charge in [0.1, 0.15) is 0 Å².